The Morgan fingerprint density at radius 3 is 3.06 bits per heavy atom. The van der Waals surface area contributed by atoms with Crippen LogP contribution in [-0.2, 0) is 13.1 Å². The smallest absolute Gasteiger partial charge is 0.107 e. The maximum Gasteiger partial charge on any atom is 0.107 e. The minimum atomic E-state index is 0.835. The molecule has 2 N–H and O–H groups in total. The van der Waals surface area contributed by atoms with Gasteiger partial charge in [-0.15, -0.1) is 11.3 Å². The number of hydrogen-bond donors (Lipinski definition) is 2. The molecule has 0 bridgehead atoms. The molecular formula is C14H15N3S. The molecule has 0 saturated carbocycles. The molecule has 3 aromatic rings. The fourth-order valence-corrected chi connectivity index (χ4v) is 2.76. The van der Waals surface area contributed by atoms with E-state index in [1.807, 2.05) is 12.4 Å². The van der Waals surface area contributed by atoms with Gasteiger partial charge in [0.25, 0.3) is 0 Å². The van der Waals surface area contributed by atoms with Crippen molar-refractivity contribution in [2.24, 2.45) is 0 Å². The lowest BCUT2D eigenvalue weighted by atomic mass is 10.1. The number of H-pyrrole nitrogens is 1. The molecule has 0 amide bonds. The first-order valence-electron chi connectivity index (χ1n) is 5.99. The molecule has 0 unspecified atom stereocenters. The third-order valence-electron chi connectivity index (χ3n) is 2.89. The van der Waals surface area contributed by atoms with Crippen LogP contribution in [0.2, 0.25) is 0 Å². The van der Waals surface area contributed by atoms with Gasteiger partial charge in [-0.3, -0.25) is 0 Å². The number of benzene rings is 1. The Balaban J connectivity index is 1.62. The summed E-state index contributed by atoms with van der Waals surface area (Å²) in [5.74, 6) is 0. The Labute approximate surface area is 110 Å². The van der Waals surface area contributed by atoms with Crippen LogP contribution in [0.25, 0.3) is 10.9 Å². The van der Waals surface area contributed by atoms with Gasteiger partial charge < -0.3 is 10.3 Å². The van der Waals surface area contributed by atoms with Gasteiger partial charge in [-0.2, -0.15) is 0 Å². The summed E-state index contributed by atoms with van der Waals surface area (Å²) in [6.45, 7) is 3.79. The summed E-state index contributed by atoms with van der Waals surface area (Å²) in [5, 5.41) is 5.83. The van der Waals surface area contributed by atoms with E-state index in [0.29, 0.717) is 0 Å². The average molecular weight is 257 g/mol. The highest BCUT2D eigenvalue weighted by Crippen LogP contribution is 2.14. The molecule has 0 spiro atoms. The van der Waals surface area contributed by atoms with Crippen LogP contribution in [0.1, 0.15) is 15.4 Å². The van der Waals surface area contributed by atoms with E-state index in [-0.39, 0.29) is 0 Å². The van der Waals surface area contributed by atoms with E-state index >= 15 is 0 Å². The molecule has 18 heavy (non-hydrogen) atoms. The Morgan fingerprint density at radius 2 is 2.22 bits per heavy atom. The van der Waals surface area contributed by atoms with E-state index in [2.05, 4.69) is 46.5 Å². The van der Waals surface area contributed by atoms with Crippen molar-refractivity contribution < 1.29 is 0 Å². The highest BCUT2D eigenvalue weighted by atomic mass is 32.1. The minimum absolute atomic E-state index is 0.835. The number of nitrogens with one attached hydrogen (secondary N) is 2. The third-order valence-corrected chi connectivity index (χ3v) is 3.81. The van der Waals surface area contributed by atoms with Crippen LogP contribution in [0.5, 0.6) is 0 Å². The third kappa shape index (κ3) is 2.44. The molecule has 1 aromatic carbocycles. The van der Waals surface area contributed by atoms with Crippen LogP contribution in [0.15, 0.2) is 36.7 Å². The number of nitrogens with zero attached hydrogens (tertiary/aromatic N) is 1. The van der Waals surface area contributed by atoms with Gasteiger partial charge in [-0.25, -0.2) is 4.98 Å². The second-order valence-corrected chi connectivity index (χ2v) is 5.69. The van der Waals surface area contributed by atoms with Crippen molar-refractivity contribution in [3.63, 3.8) is 0 Å². The quantitative estimate of drug-likeness (QED) is 0.753. The first kappa shape index (κ1) is 11.4. The van der Waals surface area contributed by atoms with Gasteiger partial charge in [0.1, 0.15) is 5.01 Å². The number of aromatic amines is 1. The summed E-state index contributed by atoms with van der Waals surface area (Å²) in [6.07, 6.45) is 3.90. The van der Waals surface area contributed by atoms with Crippen LogP contribution in [0.4, 0.5) is 0 Å². The molecule has 2 aromatic heterocycles. The molecular weight excluding hydrogens is 242 g/mol. The Morgan fingerprint density at radius 1 is 1.28 bits per heavy atom. The number of aromatic nitrogens is 2. The largest absolute Gasteiger partial charge is 0.361 e. The summed E-state index contributed by atoms with van der Waals surface area (Å²) in [6, 6.07) is 8.59. The van der Waals surface area contributed by atoms with Crippen molar-refractivity contribution in [2.45, 2.75) is 20.0 Å². The number of fused-ring (bicyclic) bond motifs is 1. The summed E-state index contributed by atoms with van der Waals surface area (Å²) < 4.78 is 0. The van der Waals surface area contributed by atoms with Crippen molar-refractivity contribution in [3.8, 4) is 0 Å². The molecule has 0 aliphatic rings. The Bertz CT molecular complexity index is 654. The van der Waals surface area contributed by atoms with E-state index in [0.717, 1.165) is 18.1 Å². The van der Waals surface area contributed by atoms with E-state index in [4.69, 9.17) is 0 Å². The Kier molecular flexibility index (Phi) is 3.13. The molecule has 0 atom stereocenters. The number of thiazole rings is 1. The lowest BCUT2D eigenvalue weighted by molar-refractivity contribution is 0.690. The van der Waals surface area contributed by atoms with Gasteiger partial charge in [0, 0.05) is 35.9 Å². The highest BCUT2D eigenvalue weighted by molar-refractivity contribution is 7.11. The van der Waals surface area contributed by atoms with Gasteiger partial charge in [0.2, 0.25) is 0 Å². The van der Waals surface area contributed by atoms with E-state index in [1.165, 1.54) is 21.3 Å². The summed E-state index contributed by atoms with van der Waals surface area (Å²) in [5.41, 5.74) is 2.48. The minimum Gasteiger partial charge on any atom is -0.361 e. The molecule has 3 rings (SSSR count). The number of rotatable bonds is 4. The van der Waals surface area contributed by atoms with Crippen LogP contribution in [0, 0.1) is 6.92 Å². The first-order chi connectivity index (χ1) is 8.81. The zero-order chi connectivity index (χ0) is 12.4. The lowest BCUT2D eigenvalue weighted by Crippen LogP contribution is -2.12. The topological polar surface area (TPSA) is 40.7 Å². The second-order valence-electron chi connectivity index (χ2n) is 4.37. The Hall–Kier alpha value is -1.65. The van der Waals surface area contributed by atoms with Crippen molar-refractivity contribution in [1.82, 2.24) is 15.3 Å². The monoisotopic (exact) mass is 257 g/mol. The van der Waals surface area contributed by atoms with E-state index in [9.17, 15) is 0 Å². The normalized spacial score (nSPS) is 11.2. The van der Waals surface area contributed by atoms with Crippen LogP contribution < -0.4 is 5.32 Å². The van der Waals surface area contributed by atoms with Crippen molar-refractivity contribution >= 4 is 22.2 Å². The predicted molar refractivity (Wildman–Crippen MR) is 75.7 cm³/mol. The van der Waals surface area contributed by atoms with Gasteiger partial charge in [-0.1, -0.05) is 12.1 Å². The van der Waals surface area contributed by atoms with Crippen LogP contribution >= 0.6 is 11.3 Å². The molecule has 3 nitrogen and oxygen atoms in total. The summed E-state index contributed by atoms with van der Waals surface area (Å²) in [4.78, 5) is 8.84. The van der Waals surface area contributed by atoms with Gasteiger partial charge in [0.05, 0.1) is 0 Å². The average Bonchev–Trinajstić information content (AvgIpc) is 2.97. The van der Waals surface area contributed by atoms with Crippen molar-refractivity contribution in [3.05, 3.63) is 52.1 Å². The zero-order valence-electron chi connectivity index (χ0n) is 10.2. The highest BCUT2D eigenvalue weighted by Gasteiger charge is 2.00. The SMILES string of the molecule is Cc1cnc(CNCc2ccc3cc[nH]c3c2)s1. The van der Waals surface area contributed by atoms with Crippen LogP contribution in [0.3, 0.4) is 0 Å². The first-order valence-corrected chi connectivity index (χ1v) is 6.81. The van der Waals surface area contributed by atoms with Gasteiger partial charge in [-0.05, 0) is 30.0 Å². The van der Waals surface area contributed by atoms with Crippen LogP contribution in [-0.4, -0.2) is 9.97 Å². The molecule has 0 radical (unpaired) electrons. The fraction of sp³-hybridized carbons (Fsp3) is 0.214. The molecule has 0 fully saturated rings. The molecule has 0 saturated heterocycles. The van der Waals surface area contributed by atoms with E-state index < -0.39 is 0 Å². The van der Waals surface area contributed by atoms with Gasteiger partial charge >= 0.3 is 0 Å². The molecule has 0 aliphatic heterocycles. The molecule has 2 heterocycles. The predicted octanol–water partition coefficient (Wildman–Crippen LogP) is 3.22. The number of aryl methyl sites for hydroxylation is 1. The van der Waals surface area contributed by atoms with E-state index in [1.54, 1.807) is 11.3 Å². The molecule has 0 aliphatic carbocycles. The maximum atomic E-state index is 4.34. The molecule has 92 valence electrons. The second kappa shape index (κ2) is 4.92. The fourth-order valence-electron chi connectivity index (χ4n) is 2.00. The van der Waals surface area contributed by atoms with Gasteiger partial charge in [0.15, 0.2) is 0 Å². The lowest BCUT2D eigenvalue weighted by Gasteiger charge is -2.03. The number of hydrogen-bond acceptors (Lipinski definition) is 3. The van der Waals surface area contributed by atoms with Crippen molar-refractivity contribution in [2.75, 3.05) is 0 Å². The standard InChI is InChI=1S/C14H15N3S/c1-10-7-17-14(18-10)9-15-8-11-2-3-12-4-5-16-13(12)6-11/h2-7,15-16H,8-9H2,1H3. The van der Waals surface area contributed by atoms with Crippen molar-refractivity contribution in [1.29, 1.82) is 0 Å². The summed E-state index contributed by atoms with van der Waals surface area (Å²) in [7, 11) is 0. The maximum absolute atomic E-state index is 4.34. The zero-order valence-corrected chi connectivity index (χ0v) is 11.1. The molecule has 4 heteroatoms. The summed E-state index contributed by atoms with van der Waals surface area (Å²) >= 11 is 1.75.